The maximum atomic E-state index is 13.8. The van der Waals surface area contributed by atoms with Crippen molar-refractivity contribution in [2.75, 3.05) is 23.3 Å². The zero-order chi connectivity index (χ0) is 26.1. The van der Waals surface area contributed by atoms with Crippen LogP contribution in [0.2, 0.25) is 0 Å². The van der Waals surface area contributed by atoms with Gasteiger partial charge in [0.2, 0.25) is 5.71 Å². The van der Waals surface area contributed by atoms with Gasteiger partial charge in [-0.3, -0.25) is 9.78 Å². The number of anilines is 2. The second-order valence-electron chi connectivity index (χ2n) is 9.18. The number of aliphatic hydroxyl groups excluding tert-OH is 1. The van der Waals surface area contributed by atoms with E-state index in [9.17, 15) is 14.3 Å². The second kappa shape index (κ2) is 10.0. The SMILES string of the molecule is O=C(Nc1ccc(-c2oc3ncnc(N4CCC(O)CC4)c3c2-c2ccc(F)cc2)cc1)c1cccnc1. The molecular weight excluding hydrogens is 485 g/mol. The number of carbonyl (C=O) groups excluding carboxylic acids is 1. The zero-order valence-corrected chi connectivity index (χ0v) is 20.3. The number of nitrogens with zero attached hydrogens (tertiary/aromatic N) is 4. The predicted octanol–water partition coefficient (Wildman–Crippen LogP) is 5.30. The summed E-state index contributed by atoms with van der Waals surface area (Å²) < 4.78 is 20.1. The largest absolute Gasteiger partial charge is 0.437 e. The molecule has 1 aliphatic heterocycles. The van der Waals surface area contributed by atoms with Gasteiger partial charge in [-0.1, -0.05) is 12.1 Å². The Bertz CT molecular complexity index is 1580. The van der Waals surface area contributed by atoms with Crippen LogP contribution in [-0.2, 0) is 0 Å². The maximum absolute atomic E-state index is 13.8. The van der Waals surface area contributed by atoms with E-state index in [-0.39, 0.29) is 17.8 Å². The monoisotopic (exact) mass is 509 g/mol. The molecule has 4 heterocycles. The number of furan rings is 1. The Morgan fingerprint density at radius 1 is 1.00 bits per heavy atom. The van der Waals surface area contributed by atoms with Crippen LogP contribution in [0.25, 0.3) is 33.6 Å². The molecule has 38 heavy (non-hydrogen) atoms. The highest BCUT2D eigenvalue weighted by atomic mass is 19.1. The Kier molecular flexibility index (Phi) is 6.27. The molecule has 0 unspecified atom stereocenters. The van der Waals surface area contributed by atoms with Gasteiger partial charge in [0, 0.05) is 42.3 Å². The lowest BCUT2D eigenvalue weighted by molar-refractivity contribution is 0.102. The molecule has 0 spiro atoms. The van der Waals surface area contributed by atoms with Crippen molar-refractivity contribution in [1.82, 2.24) is 15.0 Å². The molecule has 0 bridgehead atoms. The highest BCUT2D eigenvalue weighted by Gasteiger charge is 2.26. The first-order valence-corrected chi connectivity index (χ1v) is 12.3. The average Bonchev–Trinajstić information content (AvgIpc) is 3.35. The summed E-state index contributed by atoms with van der Waals surface area (Å²) in [4.78, 5) is 27.6. The second-order valence-corrected chi connectivity index (χ2v) is 9.18. The quantitative estimate of drug-likeness (QED) is 0.331. The zero-order valence-electron chi connectivity index (χ0n) is 20.3. The van der Waals surface area contributed by atoms with E-state index in [1.165, 1.54) is 24.7 Å². The molecule has 1 saturated heterocycles. The van der Waals surface area contributed by atoms with Crippen molar-refractivity contribution in [1.29, 1.82) is 0 Å². The van der Waals surface area contributed by atoms with Gasteiger partial charge in [0.1, 0.15) is 23.7 Å². The van der Waals surface area contributed by atoms with Crippen molar-refractivity contribution in [2.45, 2.75) is 18.9 Å². The van der Waals surface area contributed by atoms with E-state index in [4.69, 9.17) is 4.42 Å². The lowest BCUT2D eigenvalue weighted by atomic mass is 9.98. The number of aliphatic hydroxyl groups is 1. The third-order valence-corrected chi connectivity index (χ3v) is 6.69. The van der Waals surface area contributed by atoms with Crippen LogP contribution in [0.3, 0.4) is 0 Å². The summed E-state index contributed by atoms with van der Waals surface area (Å²) in [6.45, 7) is 1.31. The number of halogens is 1. The maximum Gasteiger partial charge on any atom is 0.257 e. The summed E-state index contributed by atoms with van der Waals surface area (Å²) >= 11 is 0. The molecule has 0 aliphatic carbocycles. The van der Waals surface area contributed by atoms with Gasteiger partial charge in [0.05, 0.1) is 17.1 Å². The van der Waals surface area contributed by atoms with Gasteiger partial charge in [-0.05, 0) is 66.9 Å². The van der Waals surface area contributed by atoms with E-state index in [0.29, 0.717) is 48.7 Å². The number of piperidine rings is 1. The van der Waals surface area contributed by atoms with Gasteiger partial charge in [0.25, 0.3) is 5.91 Å². The summed E-state index contributed by atoms with van der Waals surface area (Å²) in [5.74, 6) is 0.693. The molecule has 1 fully saturated rings. The molecule has 1 amide bonds. The average molecular weight is 510 g/mol. The van der Waals surface area contributed by atoms with Crippen LogP contribution >= 0.6 is 0 Å². The van der Waals surface area contributed by atoms with Gasteiger partial charge < -0.3 is 19.7 Å². The van der Waals surface area contributed by atoms with Crippen LogP contribution in [0.4, 0.5) is 15.9 Å². The van der Waals surface area contributed by atoms with E-state index in [2.05, 4.69) is 25.2 Å². The van der Waals surface area contributed by atoms with Crippen molar-refractivity contribution in [2.24, 2.45) is 0 Å². The van der Waals surface area contributed by atoms with Crippen molar-refractivity contribution in [3.05, 3.63) is 90.8 Å². The third-order valence-electron chi connectivity index (χ3n) is 6.69. The van der Waals surface area contributed by atoms with Crippen LogP contribution < -0.4 is 10.2 Å². The number of nitrogens with one attached hydrogen (secondary N) is 1. The fraction of sp³-hybridized carbons (Fsp3) is 0.172. The van der Waals surface area contributed by atoms with E-state index >= 15 is 0 Å². The van der Waals surface area contributed by atoms with Crippen LogP contribution in [0.5, 0.6) is 0 Å². The molecule has 6 rings (SSSR count). The van der Waals surface area contributed by atoms with Gasteiger partial charge in [-0.25, -0.2) is 14.4 Å². The number of hydrogen-bond acceptors (Lipinski definition) is 7. The number of hydrogen-bond donors (Lipinski definition) is 2. The number of amides is 1. The Morgan fingerprint density at radius 2 is 1.74 bits per heavy atom. The first-order chi connectivity index (χ1) is 18.6. The van der Waals surface area contributed by atoms with Gasteiger partial charge >= 0.3 is 0 Å². The summed E-state index contributed by atoms with van der Waals surface area (Å²) in [6.07, 6.45) is 5.57. The number of fused-ring (bicyclic) bond motifs is 1. The molecular formula is C29H24FN5O3. The number of aromatic nitrogens is 3. The molecule has 2 N–H and O–H groups in total. The van der Waals surface area contributed by atoms with Crippen LogP contribution in [0.1, 0.15) is 23.2 Å². The molecule has 3 aromatic heterocycles. The Labute approximate surface area is 217 Å². The van der Waals surface area contributed by atoms with Crippen LogP contribution in [-0.4, -0.2) is 45.2 Å². The molecule has 5 aromatic rings. The minimum atomic E-state index is -0.335. The van der Waals surface area contributed by atoms with Crippen molar-refractivity contribution < 1.29 is 18.7 Å². The number of benzene rings is 2. The number of pyridine rings is 1. The molecule has 0 saturated carbocycles. The molecule has 0 radical (unpaired) electrons. The smallest absolute Gasteiger partial charge is 0.257 e. The predicted molar refractivity (Wildman–Crippen MR) is 142 cm³/mol. The minimum absolute atomic E-state index is 0.256. The van der Waals surface area contributed by atoms with Crippen molar-refractivity contribution >= 4 is 28.5 Å². The molecule has 190 valence electrons. The van der Waals surface area contributed by atoms with E-state index in [1.54, 1.807) is 42.6 Å². The van der Waals surface area contributed by atoms with E-state index in [0.717, 1.165) is 27.9 Å². The topological polar surface area (TPSA) is 104 Å². The lowest BCUT2D eigenvalue weighted by Gasteiger charge is -2.30. The number of rotatable bonds is 5. The standard InChI is InChI=1S/C29H24FN5O3/c30-21-7-3-18(4-8-21)24-25-27(35-14-11-23(36)12-15-35)32-17-33-29(25)38-26(24)19-5-9-22(10-6-19)34-28(37)20-2-1-13-31-16-20/h1-10,13,16-17,23,36H,11-12,14-15H2,(H,34,37). The Balaban J connectivity index is 1.42. The lowest BCUT2D eigenvalue weighted by Crippen LogP contribution is -2.36. The Hall–Kier alpha value is -4.63. The van der Waals surface area contributed by atoms with Crippen molar-refractivity contribution in [3.63, 3.8) is 0 Å². The minimum Gasteiger partial charge on any atom is -0.437 e. The number of carbonyl (C=O) groups is 1. The fourth-order valence-corrected chi connectivity index (χ4v) is 4.74. The molecule has 2 aromatic carbocycles. The van der Waals surface area contributed by atoms with Gasteiger partial charge in [-0.15, -0.1) is 0 Å². The van der Waals surface area contributed by atoms with E-state index in [1.807, 2.05) is 12.1 Å². The Morgan fingerprint density at radius 3 is 2.45 bits per heavy atom. The van der Waals surface area contributed by atoms with E-state index < -0.39 is 0 Å². The molecule has 0 atom stereocenters. The summed E-state index contributed by atoms with van der Waals surface area (Å²) in [6, 6.07) is 17.0. The van der Waals surface area contributed by atoms with Crippen LogP contribution in [0, 0.1) is 5.82 Å². The first kappa shape index (κ1) is 23.7. The van der Waals surface area contributed by atoms with Gasteiger partial charge in [0.15, 0.2) is 0 Å². The van der Waals surface area contributed by atoms with Crippen LogP contribution in [0.15, 0.2) is 83.8 Å². The summed E-state index contributed by atoms with van der Waals surface area (Å²) in [5.41, 5.74) is 3.79. The third kappa shape index (κ3) is 4.59. The van der Waals surface area contributed by atoms with Crippen molar-refractivity contribution in [3.8, 4) is 22.5 Å². The fourth-order valence-electron chi connectivity index (χ4n) is 4.74. The highest BCUT2D eigenvalue weighted by Crippen LogP contribution is 2.44. The van der Waals surface area contributed by atoms with Gasteiger partial charge in [-0.2, -0.15) is 0 Å². The summed E-state index contributed by atoms with van der Waals surface area (Å²) in [5, 5.41) is 13.6. The normalized spacial score (nSPS) is 14.1. The highest BCUT2D eigenvalue weighted by molar-refractivity contribution is 6.06. The first-order valence-electron chi connectivity index (χ1n) is 12.3. The molecule has 8 nitrogen and oxygen atoms in total. The molecule has 1 aliphatic rings. The summed E-state index contributed by atoms with van der Waals surface area (Å²) in [7, 11) is 0. The molecule has 9 heteroatoms.